The second-order valence-corrected chi connectivity index (χ2v) is 4.02. The predicted molar refractivity (Wildman–Crippen MR) is 82.1 cm³/mol. The number of fused-ring (bicyclic) bond motifs is 1. The maximum atomic E-state index is 5.64. The molecule has 0 aliphatic heterocycles. The summed E-state index contributed by atoms with van der Waals surface area (Å²) in [6.45, 7) is 2.64. The largest absolute Gasteiger partial charge is 0.493 e. The lowest BCUT2D eigenvalue weighted by Gasteiger charge is -2.07. The fourth-order valence-corrected chi connectivity index (χ4v) is 2.02. The fraction of sp³-hybridized carbons (Fsp3) is 0.133. The van der Waals surface area contributed by atoms with Gasteiger partial charge in [-0.15, -0.1) is 17.0 Å². The highest BCUT2D eigenvalue weighted by atomic mass is 79.9. The topological polar surface area (TPSA) is 26.5 Å². The molecule has 0 saturated heterocycles. The third-order valence-corrected chi connectivity index (χ3v) is 2.83. The van der Waals surface area contributed by atoms with Gasteiger partial charge in [-0.25, -0.2) is 4.98 Å². The Morgan fingerprint density at radius 2 is 1.89 bits per heavy atom. The highest BCUT2D eigenvalue weighted by Gasteiger charge is 2.09. The SMILES string of the molecule is Br.CCOc1ccccc1-c1cn2ccccc2n1. The molecule has 3 rings (SSSR count). The van der Waals surface area contributed by atoms with Crippen molar-refractivity contribution in [2.24, 2.45) is 0 Å². The van der Waals surface area contributed by atoms with Gasteiger partial charge in [-0.1, -0.05) is 18.2 Å². The first-order chi connectivity index (χ1) is 8.88. The maximum Gasteiger partial charge on any atom is 0.137 e. The summed E-state index contributed by atoms with van der Waals surface area (Å²) < 4.78 is 7.65. The van der Waals surface area contributed by atoms with Crippen LogP contribution in [0.1, 0.15) is 6.92 Å². The van der Waals surface area contributed by atoms with Crippen LogP contribution in [0.5, 0.6) is 5.75 Å². The summed E-state index contributed by atoms with van der Waals surface area (Å²) in [6, 6.07) is 14.0. The number of nitrogens with zero attached hydrogens (tertiary/aromatic N) is 2. The van der Waals surface area contributed by atoms with Crippen molar-refractivity contribution < 1.29 is 4.74 Å². The second-order valence-electron chi connectivity index (χ2n) is 4.02. The molecule has 0 saturated carbocycles. The van der Waals surface area contributed by atoms with Crippen molar-refractivity contribution in [1.82, 2.24) is 9.38 Å². The van der Waals surface area contributed by atoms with E-state index in [1.165, 1.54) is 0 Å². The Morgan fingerprint density at radius 3 is 2.68 bits per heavy atom. The molecular formula is C15H15BrN2O. The number of rotatable bonds is 3. The van der Waals surface area contributed by atoms with E-state index in [4.69, 9.17) is 4.74 Å². The molecule has 0 atom stereocenters. The van der Waals surface area contributed by atoms with Crippen LogP contribution in [0, 0.1) is 0 Å². The zero-order valence-electron chi connectivity index (χ0n) is 10.6. The van der Waals surface area contributed by atoms with Gasteiger partial charge in [0, 0.05) is 18.0 Å². The van der Waals surface area contributed by atoms with Crippen LogP contribution in [0.2, 0.25) is 0 Å². The van der Waals surface area contributed by atoms with E-state index in [-0.39, 0.29) is 17.0 Å². The van der Waals surface area contributed by atoms with Crippen LogP contribution < -0.4 is 4.74 Å². The molecule has 0 amide bonds. The smallest absolute Gasteiger partial charge is 0.137 e. The molecule has 0 N–H and O–H groups in total. The highest BCUT2D eigenvalue weighted by Crippen LogP contribution is 2.29. The Kier molecular flexibility index (Phi) is 4.22. The van der Waals surface area contributed by atoms with Crippen molar-refractivity contribution in [3.63, 3.8) is 0 Å². The fourth-order valence-electron chi connectivity index (χ4n) is 2.02. The highest BCUT2D eigenvalue weighted by molar-refractivity contribution is 8.93. The Balaban J connectivity index is 0.00000133. The van der Waals surface area contributed by atoms with Crippen LogP contribution in [0.3, 0.4) is 0 Å². The van der Waals surface area contributed by atoms with E-state index in [0.717, 1.165) is 22.7 Å². The van der Waals surface area contributed by atoms with Gasteiger partial charge in [-0.05, 0) is 31.2 Å². The van der Waals surface area contributed by atoms with Crippen LogP contribution in [0.15, 0.2) is 54.9 Å². The summed E-state index contributed by atoms with van der Waals surface area (Å²) in [4.78, 5) is 4.61. The Bertz CT molecular complexity index is 645. The van der Waals surface area contributed by atoms with E-state index in [1.54, 1.807) is 0 Å². The van der Waals surface area contributed by atoms with E-state index in [9.17, 15) is 0 Å². The molecule has 0 unspecified atom stereocenters. The van der Waals surface area contributed by atoms with Crippen LogP contribution >= 0.6 is 17.0 Å². The van der Waals surface area contributed by atoms with Crippen molar-refractivity contribution in [1.29, 1.82) is 0 Å². The summed E-state index contributed by atoms with van der Waals surface area (Å²) in [5, 5.41) is 0. The van der Waals surface area contributed by atoms with Crippen molar-refractivity contribution in [2.75, 3.05) is 6.61 Å². The number of imidazole rings is 1. The number of hydrogen-bond donors (Lipinski definition) is 0. The van der Waals surface area contributed by atoms with Gasteiger partial charge in [0.1, 0.15) is 11.4 Å². The number of ether oxygens (including phenoxy) is 1. The van der Waals surface area contributed by atoms with Crippen molar-refractivity contribution in [3.05, 3.63) is 54.9 Å². The van der Waals surface area contributed by atoms with Gasteiger partial charge < -0.3 is 9.14 Å². The predicted octanol–water partition coefficient (Wildman–Crippen LogP) is 3.98. The zero-order chi connectivity index (χ0) is 12.4. The lowest BCUT2D eigenvalue weighted by molar-refractivity contribution is 0.341. The molecule has 2 heterocycles. The molecule has 0 aliphatic rings. The minimum atomic E-state index is 0. The molecule has 0 radical (unpaired) electrons. The quantitative estimate of drug-likeness (QED) is 0.730. The minimum Gasteiger partial charge on any atom is -0.493 e. The second kappa shape index (κ2) is 5.89. The minimum absolute atomic E-state index is 0. The number of aromatic nitrogens is 2. The van der Waals surface area contributed by atoms with Crippen LogP contribution in [-0.4, -0.2) is 16.0 Å². The maximum absolute atomic E-state index is 5.64. The average Bonchev–Trinajstić information content (AvgIpc) is 2.83. The Morgan fingerprint density at radius 1 is 1.11 bits per heavy atom. The summed E-state index contributed by atoms with van der Waals surface area (Å²) in [5.41, 5.74) is 2.91. The van der Waals surface area contributed by atoms with Crippen molar-refractivity contribution in [3.8, 4) is 17.0 Å². The van der Waals surface area contributed by atoms with Crippen molar-refractivity contribution in [2.45, 2.75) is 6.92 Å². The van der Waals surface area contributed by atoms with E-state index in [2.05, 4.69) is 4.98 Å². The van der Waals surface area contributed by atoms with Gasteiger partial charge in [0.25, 0.3) is 0 Å². The first-order valence-corrected chi connectivity index (χ1v) is 6.04. The average molecular weight is 319 g/mol. The molecule has 0 bridgehead atoms. The molecule has 0 fully saturated rings. The van der Waals surface area contributed by atoms with E-state index < -0.39 is 0 Å². The van der Waals surface area contributed by atoms with Crippen LogP contribution in [0.4, 0.5) is 0 Å². The molecule has 3 aromatic rings. The molecular weight excluding hydrogens is 304 g/mol. The first kappa shape index (κ1) is 13.6. The van der Waals surface area contributed by atoms with Gasteiger partial charge in [0.05, 0.1) is 12.3 Å². The van der Waals surface area contributed by atoms with Gasteiger partial charge in [0.2, 0.25) is 0 Å². The Hall–Kier alpha value is -1.81. The number of hydrogen-bond acceptors (Lipinski definition) is 2. The van der Waals surface area contributed by atoms with Crippen molar-refractivity contribution >= 4 is 22.6 Å². The number of para-hydroxylation sites is 1. The van der Waals surface area contributed by atoms with E-state index >= 15 is 0 Å². The van der Waals surface area contributed by atoms with Gasteiger partial charge in [-0.2, -0.15) is 0 Å². The van der Waals surface area contributed by atoms with Crippen LogP contribution in [-0.2, 0) is 0 Å². The van der Waals surface area contributed by atoms with Gasteiger partial charge in [0.15, 0.2) is 0 Å². The number of benzene rings is 1. The zero-order valence-corrected chi connectivity index (χ0v) is 12.3. The van der Waals surface area contributed by atoms with Gasteiger partial charge >= 0.3 is 0 Å². The lowest BCUT2D eigenvalue weighted by Crippen LogP contribution is -1.93. The molecule has 0 aliphatic carbocycles. The summed E-state index contributed by atoms with van der Waals surface area (Å²) in [7, 11) is 0. The monoisotopic (exact) mass is 318 g/mol. The number of pyridine rings is 1. The third-order valence-electron chi connectivity index (χ3n) is 2.83. The third kappa shape index (κ3) is 2.63. The van der Waals surface area contributed by atoms with E-state index in [0.29, 0.717) is 6.61 Å². The van der Waals surface area contributed by atoms with E-state index in [1.807, 2.05) is 66.2 Å². The molecule has 98 valence electrons. The molecule has 0 spiro atoms. The molecule has 2 aromatic heterocycles. The van der Waals surface area contributed by atoms with Crippen LogP contribution in [0.25, 0.3) is 16.9 Å². The summed E-state index contributed by atoms with van der Waals surface area (Å²) in [5.74, 6) is 0.878. The molecule has 3 nitrogen and oxygen atoms in total. The first-order valence-electron chi connectivity index (χ1n) is 6.04. The molecule has 4 heteroatoms. The lowest BCUT2D eigenvalue weighted by atomic mass is 10.1. The Labute approximate surface area is 122 Å². The van der Waals surface area contributed by atoms with Gasteiger partial charge in [-0.3, -0.25) is 0 Å². The molecule has 1 aromatic carbocycles. The molecule has 19 heavy (non-hydrogen) atoms. The number of halogens is 1. The standard InChI is InChI=1S/C15H14N2O.BrH/c1-2-18-14-8-4-3-7-12(14)13-11-17-10-6-5-9-15(17)16-13;/h3-11H,2H2,1H3;1H. The summed E-state index contributed by atoms with van der Waals surface area (Å²) in [6.07, 6.45) is 4.02. The summed E-state index contributed by atoms with van der Waals surface area (Å²) >= 11 is 0. The normalized spacial score (nSPS) is 10.2.